The van der Waals surface area contributed by atoms with Crippen molar-refractivity contribution in [2.24, 2.45) is 0 Å². The smallest absolute Gasteiger partial charge is 0.133 e. The van der Waals surface area contributed by atoms with Crippen LogP contribution in [0.25, 0.3) is 0 Å². The Hall–Kier alpha value is -0.580. The number of ether oxygens (including phenoxy) is 1. The molecule has 0 aliphatic rings. The number of benzene rings is 2. The molecule has 2 atom stereocenters. The van der Waals surface area contributed by atoms with Crippen molar-refractivity contribution in [2.75, 3.05) is 0 Å². The first-order chi connectivity index (χ1) is 9.90. The lowest BCUT2D eigenvalue weighted by atomic mass is 10.1. The highest BCUT2D eigenvalue weighted by Crippen LogP contribution is 2.41. The predicted molar refractivity (Wildman–Crippen MR) is 92.6 cm³/mol. The minimum absolute atomic E-state index is 0.0211. The predicted octanol–water partition coefficient (Wildman–Crippen LogP) is 7.18. The quantitative estimate of drug-likeness (QED) is 0.461. The van der Waals surface area contributed by atoms with Crippen molar-refractivity contribution in [2.45, 2.75) is 23.5 Å². The minimum atomic E-state index is -0.288. The van der Waals surface area contributed by atoms with Crippen LogP contribution < -0.4 is 4.74 Å². The van der Waals surface area contributed by atoms with E-state index < -0.39 is 0 Å². The van der Waals surface area contributed by atoms with E-state index in [2.05, 4.69) is 31.9 Å². The normalized spacial score (nSPS) is 13.8. The summed E-state index contributed by atoms with van der Waals surface area (Å²) in [5.74, 6) is 0.981. The zero-order valence-corrected chi connectivity index (χ0v) is 15.5. The monoisotopic (exact) mass is 434 g/mol. The number of rotatable bonds is 4. The first-order valence-corrected chi connectivity index (χ1v) is 8.65. The van der Waals surface area contributed by atoms with E-state index in [0.29, 0.717) is 16.5 Å². The van der Waals surface area contributed by atoms with Crippen LogP contribution in [0.15, 0.2) is 36.4 Å². The highest BCUT2D eigenvalue weighted by Gasteiger charge is 2.17. The van der Waals surface area contributed by atoms with Gasteiger partial charge in [0.1, 0.15) is 17.3 Å². The average Bonchev–Trinajstić information content (AvgIpc) is 2.40. The van der Waals surface area contributed by atoms with Crippen LogP contribution in [0.2, 0.25) is 5.02 Å². The molecule has 1 nitrogen and oxygen atoms in total. The Morgan fingerprint density at radius 2 is 1.76 bits per heavy atom. The van der Waals surface area contributed by atoms with Gasteiger partial charge in [-0.3, -0.25) is 0 Å². The second-order valence-electron chi connectivity index (χ2n) is 4.67. The highest BCUT2D eigenvalue weighted by atomic mass is 79.9. The molecule has 5 heteroatoms. The Morgan fingerprint density at radius 3 is 2.38 bits per heavy atom. The van der Waals surface area contributed by atoms with Crippen molar-refractivity contribution >= 4 is 43.5 Å². The van der Waals surface area contributed by atoms with Gasteiger partial charge < -0.3 is 4.74 Å². The Labute approximate surface area is 145 Å². The number of hydrogen-bond acceptors (Lipinski definition) is 1. The number of halogens is 4. The third-order valence-corrected chi connectivity index (χ3v) is 4.31. The lowest BCUT2D eigenvalue weighted by Gasteiger charge is -2.17. The van der Waals surface area contributed by atoms with Crippen molar-refractivity contribution in [3.8, 4) is 11.5 Å². The molecule has 2 rings (SSSR count). The Bertz CT molecular complexity index is 644. The lowest BCUT2D eigenvalue weighted by molar-refractivity contribution is 0.468. The molecule has 0 spiro atoms. The molecule has 0 aromatic heterocycles. The van der Waals surface area contributed by atoms with Gasteiger partial charge in [-0.15, -0.1) is 0 Å². The van der Waals surface area contributed by atoms with Crippen LogP contribution in [0, 0.1) is 5.82 Å². The van der Waals surface area contributed by atoms with Crippen LogP contribution in [0.4, 0.5) is 4.39 Å². The molecular weight excluding hydrogens is 422 g/mol. The van der Waals surface area contributed by atoms with Gasteiger partial charge in [-0.1, -0.05) is 49.5 Å². The van der Waals surface area contributed by atoms with Gasteiger partial charge in [0, 0.05) is 25.8 Å². The Morgan fingerprint density at radius 1 is 1.05 bits per heavy atom. The molecule has 2 unspecified atom stereocenters. The molecule has 0 N–H and O–H groups in total. The summed E-state index contributed by atoms with van der Waals surface area (Å²) in [6.45, 7) is 3.90. The third kappa shape index (κ3) is 3.99. The van der Waals surface area contributed by atoms with Crippen molar-refractivity contribution in [3.05, 3.63) is 58.4 Å². The minimum Gasteiger partial charge on any atom is -0.457 e. The summed E-state index contributed by atoms with van der Waals surface area (Å²) in [6, 6.07) is 9.99. The molecule has 0 amide bonds. The largest absolute Gasteiger partial charge is 0.457 e. The van der Waals surface area contributed by atoms with E-state index >= 15 is 0 Å². The maximum atomic E-state index is 13.4. The van der Waals surface area contributed by atoms with Gasteiger partial charge in [-0.05, 0) is 44.2 Å². The molecule has 0 saturated heterocycles. The maximum absolute atomic E-state index is 13.4. The van der Waals surface area contributed by atoms with E-state index in [1.165, 1.54) is 12.1 Å². The third-order valence-electron chi connectivity index (χ3n) is 3.03. The fourth-order valence-corrected chi connectivity index (χ4v) is 3.33. The molecule has 0 fully saturated rings. The van der Waals surface area contributed by atoms with Crippen LogP contribution in [-0.2, 0) is 0 Å². The summed E-state index contributed by atoms with van der Waals surface area (Å²) in [6.07, 6.45) is 0. The zero-order valence-electron chi connectivity index (χ0n) is 11.5. The van der Waals surface area contributed by atoms with Crippen LogP contribution in [-0.4, -0.2) is 0 Å². The van der Waals surface area contributed by atoms with Gasteiger partial charge in [0.05, 0.1) is 0 Å². The van der Waals surface area contributed by atoms with Crippen LogP contribution in [0.3, 0.4) is 0 Å². The molecular formula is C16H14Br2ClFO. The van der Waals surface area contributed by atoms with Gasteiger partial charge in [0.15, 0.2) is 0 Å². The molecule has 0 aliphatic carbocycles. The average molecular weight is 437 g/mol. The molecule has 0 bridgehead atoms. The summed E-state index contributed by atoms with van der Waals surface area (Å²) < 4.78 is 19.4. The maximum Gasteiger partial charge on any atom is 0.133 e. The second kappa shape index (κ2) is 7.12. The summed E-state index contributed by atoms with van der Waals surface area (Å²) in [7, 11) is 0. The van der Waals surface area contributed by atoms with E-state index in [1.54, 1.807) is 6.07 Å². The topological polar surface area (TPSA) is 9.23 Å². The van der Waals surface area contributed by atoms with E-state index in [-0.39, 0.29) is 15.5 Å². The van der Waals surface area contributed by atoms with Crippen molar-refractivity contribution < 1.29 is 9.13 Å². The molecule has 112 valence electrons. The SMILES string of the molecule is CC(Br)c1cc(F)ccc1Oc1cccc(Cl)c1C(C)Br. The van der Waals surface area contributed by atoms with E-state index in [4.69, 9.17) is 16.3 Å². The first-order valence-electron chi connectivity index (χ1n) is 6.44. The highest BCUT2D eigenvalue weighted by molar-refractivity contribution is 9.09. The summed E-state index contributed by atoms with van der Waals surface area (Å²) in [5, 5.41) is 0.632. The fourth-order valence-electron chi connectivity index (χ4n) is 2.03. The van der Waals surface area contributed by atoms with Crippen molar-refractivity contribution in [3.63, 3.8) is 0 Å². The molecule has 0 heterocycles. The molecule has 2 aromatic rings. The van der Waals surface area contributed by atoms with Gasteiger partial charge in [-0.25, -0.2) is 4.39 Å². The standard InChI is InChI=1S/C16H14Br2ClFO/c1-9(17)12-8-11(20)6-7-14(12)21-15-5-3-4-13(19)16(15)10(2)18/h3-10H,1-2H3. The van der Waals surface area contributed by atoms with Gasteiger partial charge >= 0.3 is 0 Å². The number of hydrogen-bond donors (Lipinski definition) is 0. The molecule has 0 radical (unpaired) electrons. The van der Waals surface area contributed by atoms with Gasteiger partial charge in [0.25, 0.3) is 0 Å². The van der Waals surface area contributed by atoms with Crippen molar-refractivity contribution in [1.82, 2.24) is 0 Å². The van der Waals surface area contributed by atoms with Crippen LogP contribution in [0.5, 0.6) is 11.5 Å². The fraction of sp³-hybridized carbons (Fsp3) is 0.250. The summed E-state index contributed by atoms with van der Waals surface area (Å²) >= 11 is 13.2. The molecule has 0 saturated carbocycles. The van der Waals surface area contributed by atoms with E-state index in [1.807, 2.05) is 32.0 Å². The van der Waals surface area contributed by atoms with Crippen LogP contribution >= 0.6 is 43.5 Å². The lowest BCUT2D eigenvalue weighted by Crippen LogP contribution is -1.97. The van der Waals surface area contributed by atoms with E-state index in [9.17, 15) is 4.39 Å². The first kappa shape index (κ1) is 16.8. The summed E-state index contributed by atoms with van der Waals surface area (Å²) in [5.41, 5.74) is 1.62. The zero-order chi connectivity index (χ0) is 15.6. The molecule has 2 aromatic carbocycles. The van der Waals surface area contributed by atoms with E-state index in [0.717, 1.165) is 11.1 Å². The van der Waals surface area contributed by atoms with Crippen molar-refractivity contribution in [1.29, 1.82) is 0 Å². The molecule has 21 heavy (non-hydrogen) atoms. The second-order valence-corrected chi connectivity index (χ2v) is 7.82. The van der Waals surface area contributed by atoms with Gasteiger partial charge in [-0.2, -0.15) is 0 Å². The number of alkyl halides is 2. The summed E-state index contributed by atoms with van der Waals surface area (Å²) in [4.78, 5) is 0.0266. The Balaban J connectivity index is 2.46. The Kier molecular flexibility index (Phi) is 5.69. The van der Waals surface area contributed by atoms with Gasteiger partial charge in [0.2, 0.25) is 0 Å². The molecule has 0 aliphatic heterocycles. The van der Waals surface area contributed by atoms with Crippen LogP contribution in [0.1, 0.15) is 34.6 Å².